The van der Waals surface area contributed by atoms with E-state index in [1.165, 1.54) is 39.0 Å². The molecular weight excluding hydrogens is 384 g/mol. The predicted octanol–water partition coefficient (Wildman–Crippen LogP) is 8.29. The third kappa shape index (κ3) is 4.06. The highest BCUT2D eigenvalue weighted by molar-refractivity contribution is 5.78. The van der Waals surface area contributed by atoms with E-state index in [0.717, 1.165) is 19.3 Å². The lowest BCUT2D eigenvalue weighted by Gasteiger charge is -2.25. The second kappa shape index (κ2) is 8.63. The smallest absolute Gasteiger partial charge is 0.00740 e. The van der Waals surface area contributed by atoms with Crippen LogP contribution >= 0.6 is 0 Å². The van der Waals surface area contributed by atoms with Crippen LogP contribution in [0.15, 0.2) is 127 Å². The summed E-state index contributed by atoms with van der Waals surface area (Å²) in [6.45, 7) is 6.28. The Kier molecular flexibility index (Phi) is 5.53. The van der Waals surface area contributed by atoms with E-state index in [-0.39, 0.29) is 5.41 Å². The molecule has 2 aromatic carbocycles. The zero-order valence-electron chi connectivity index (χ0n) is 18.8. The summed E-state index contributed by atoms with van der Waals surface area (Å²) in [6, 6.07) is 19.5. The van der Waals surface area contributed by atoms with Crippen molar-refractivity contribution in [3.63, 3.8) is 0 Å². The molecule has 0 spiro atoms. The molecule has 32 heavy (non-hydrogen) atoms. The first-order valence-corrected chi connectivity index (χ1v) is 11.6. The van der Waals surface area contributed by atoms with Gasteiger partial charge in [0.1, 0.15) is 0 Å². The molecular formula is C32H30. The maximum atomic E-state index is 3.97. The molecule has 0 aliphatic heterocycles. The van der Waals surface area contributed by atoms with E-state index in [1.807, 2.05) is 6.08 Å². The minimum Gasteiger partial charge on any atom is -0.0990 e. The summed E-state index contributed by atoms with van der Waals surface area (Å²) in [5, 5.41) is 0. The average molecular weight is 415 g/mol. The first-order chi connectivity index (χ1) is 15.6. The largest absolute Gasteiger partial charge is 0.0990 e. The van der Waals surface area contributed by atoms with Gasteiger partial charge in [0.15, 0.2) is 0 Å². The molecule has 0 nitrogen and oxygen atoms in total. The first kappa shape index (κ1) is 20.5. The fourth-order valence-corrected chi connectivity index (χ4v) is 5.11. The molecule has 0 saturated carbocycles. The summed E-state index contributed by atoms with van der Waals surface area (Å²) in [7, 11) is 0. The van der Waals surface area contributed by atoms with Crippen molar-refractivity contribution in [3.05, 3.63) is 144 Å². The van der Waals surface area contributed by atoms with Gasteiger partial charge in [-0.15, -0.1) is 0 Å². The molecule has 0 radical (unpaired) electrons. The summed E-state index contributed by atoms with van der Waals surface area (Å²) in [5.74, 6) is 0.593. The lowest BCUT2D eigenvalue weighted by Crippen LogP contribution is -2.12. The van der Waals surface area contributed by atoms with E-state index >= 15 is 0 Å². The van der Waals surface area contributed by atoms with Crippen LogP contribution in [-0.4, -0.2) is 0 Å². The molecule has 0 amide bonds. The van der Waals surface area contributed by atoms with Gasteiger partial charge in [0.25, 0.3) is 0 Å². The van der Waals surface area contributed by atoms with Crippen LogP contribution in [0.1, 0.15) is 36.5 Å². The Morgan fingerprint density at radius 1 is 1.00 bits per heavy atom. The van der Waals surface area contributed by atoms with Crippen molar-refractivity contribution >= 4 is 11.1 Å². The van der Waals surface area contributed by atoms with Crippen molar-refractivity contribution in [2.45, 2.75) is 26.2 Å². The van der Waals surface area contributed by atoms with Crippen molar-refractivity contribution in [1.82, 2.24) is 0 Å². The lowest BCUT2D eigenvalue weighted by atomic mass is 9.79. The van der Waals surface area contributed by atoms with Gasteiger partial charge in [-0.3, -0.25) is 0 Å². The summed E-state index contributed by atoms with van der Waals surface area (Å²) < 4.78 is 0. The van der Waals surface area contributed by atoms with Crippen LogP contribution in [0.4, 0.5) is 0 Å². The van der Waals surface area contributed by atoms with Crippen LogP contribution in [0.5, 0.6) is 0 Å². The van der Waals surface area contributed by atoms with Crippen LogP contribution < -0.4 is 0 Å². The monoisotopic (exact) mass is 414 g/mol. The molecule has 2 aromatic rings. The van der Waals surface area contributed by atoms with Crippen LogP contribution in [0, 0.1) is 11.3 Å². The number of hydrogen-bond donors (Lipinski definition) is 0. The van der Waals surface area contributed by atoms with Gasteiger partial charge in [-0.05, 0) is 64.2 Å². The zero-order valence-corrected chi connectivity index (χ0v) is 18.8. The van der Waals surface area contributed by atoms with E-state index in [2.05, 4.69) is 117 Å². The highest BCUT2D eigenvalue weighted by Crippen LogP contribution is 2.44. The molecule has 5 rings (SSSR count). The van der Waals surface area contributed by atoms with Crippen molar-refractivity contribution in [3.8, 4) is 0 Å². The lowest BCUT2D eigenvalue weighted by molar-refractivity contribution is 0.557. The maximum absolute atomic E-state index is 3.97. The third-order valence-corrected chi connectivity index (χ3v) is 6.99. The number of rotatable bonds is 5. The zero-order chi connectivity index (χ0) is 22.0. The minimum absolute atomic E-state index is 0.0262. The maximum Gasteiger partial charge on any atom is 0.00740 e. The van der Waals surface area contributed by atoms with Gasteiger partial charge >= 0.3 is 0 Å². The highest BCUT2D eigenvalue weighted by Gasteiger charge is 2.29. The topological polar surface area (TPSA) is 0 Å². The Morgan fingerprint density at radius 2 is 1.81 bits per heavy atom. The molecule has 0 N–H and O–H groups in total. The molecule has 3 aliphatic carbocycles. The van der Waals surface area contributed by atoms with Crippen molar-refractivity contribution in [2.75, 3.05) is 0 Å². The predicted molar refractivity (Wildman–Crippen MR) is 138 cm³/mol. The Bertz CT molecular complexity index is 1210. The Morgan fingerprint density at radius 3 is 2.59 bits per heavy atom. The van der Waals surface area contributed by atoms with E-state index < -0.39 is 0 Å². The number of hydrogen-bond acceptors (Lipinski definition) is 0. The first-order valence-electron chi connectivity index (χ1n) is 11.6. The van der Waals surface area contributed by atoms with Gasteiger partial charge in [-0.1, -0.05) is 123 Å². The Hall–Kier alpha value is -3.38. The quantitative estimate of drug-likeness (QED) is 0.432. The Balaban J connectivity index is 1.34. The molecule has 0 saturated heterocycles. The van der Waals surface area contributed by atoms with E-state index in [9.17, 15) is 0 Å². The normalized spacial score (nSPS) is 24.5. The SMILES string of the molecule is C=C/C=C(\C=C/C1(C)C=CC(c2ccccc2)=CC1)C1=CC=C2c3ccccc3CC2C1. The molecule has 0 heterocycles. The fraction of sp³-hybridized carbons (Fsp3) is 0.188. The number of fused-ring (bicyclic) bond motifs is 3. The third-order valence-electron chi connectivity index (χ3n) is 6.99. The fourth-order valence-electron chi connectivity index (χ4n) is 5.11. The molecule has 0 aromatic heterocycles. The molecule has 0 heteroatoms. The molecule has 3 aliphatic rings. The van der Waals surface area contributed by atoms with Gasteiger partial charge in [0.2, 0.25) is 0 Å². The second-order valence-corrected chi connectivity index (χ2v) is 9.34. The van der Waals surface area contributed by atoms with Crippen molar-refractivity contribution < 1.29 is 0 Å². The molecule has 0 fully saturated rings. The molecule has 2 atom stereocenters. The minimum atomic E-state index is 0.0262. The molecule has 158 valence electrons. The number of allylic oxidation sites excluding steroid dienone is 13. The second-order valence-electron chi connectivity index (χ2n) is 9.34. The van der Waals surface area contributed by atoms with Gasteiger partial charge < -0.3 is 0 Å². The van der Waals surface area contributed by atoms with Crippen LogP contribution in [0.25, 0.3) is 11.1 Å². The van der Waals surface area contributed by atoms with Crippen molar-refractivity contribution in [1.29, 1.82) is 0 Å². The van der Waals surface area contributed by atoms with E-state index in [0.29, 0.717) is 5.92 Å². The Labute approximate surface area is 192 Å². The van der Waals surface area contributed by atoms with Gasteiger partial charge in [0, 0.05) is 5.41 Å². The van der Waals surface area contributed by atoms with Crippen LogP contribution in [0.2, 0.25) is 0 Å². The molecule has 2 unspecified atom stereocenters. The number of benzene rings is 2. The van der Waals surface area contributed by atoms with E-state index in [4.69, 9.17) is 0 Å². The van der Waals surface area contributed by atoms with Gasteiger partial charge in [-0.2, -0.15) is 0 Å². The summed E-state index contributed by atoms with van der Waals surface area (Å²) in [5.41, 5.74) is 9.75. The van der Waals surface area contributed by atoms with Crippen LogP contribution in [0.3, 0.4) is 0 Å². The van der Waals surface area contributed by atoms with Crippen molar-refractivity contribution in [2.24, 2.45) is 11.3 Å². The van der Waals surface area contributed by atoms with E-state index in [1.54, 1.807) is 0 Å². The summed E-state index contributed by atoms with van der Waals surface area (Å²) in [4.78, 5) is 0. The highest BCUT2D eigenvalue weighted by atomic mass is 14.3. The molecule has 0 bridgehead atoms. The van der Waals surface area contributed by atoms with Crippen LogP contribution in [-0.2, 0) is 6.42 Å². The average Bonchev–Trinajstić information content (AvgIpc) is 3.21. The standard InChI is InChI=1S/C32H30/c1-3-9-24(27-14-15-31-29(22-27)23-28-12-7-8-13-30(28)31)16-19-32(2)20-17-26(18-21-32)25-10-5-4-6-11-25/h3-20,29H,1,21-23H2,2H3/b19-16-,24-9+. The summed E-state index contributed by atoms with van der Waals surface area (Å²) >= 11 is 0. The van der Waals surface area contributed by atoms with Gasteiger partial charge in [-0.25, -0.2) is 0 Å². The summed E-state index contributed by atoms with van der Waals surface area (Å²) in [6.07, 6.45) is 23.6. The van der Waals surface area contributed by atoms with Gasteiger partial charge in [0.05, 0.1) is 0 Å².